The molecule has 0 aliphatic heterocycles. The number of nitrogens with one attached hydrogen (secondary N) is 2. The van der Waals surface area contributed by atoms with Gasteiger partial charge >= 0.3 is 6.03 Å². The highest BCUT2D eigenvalue weighted by Crippen LogP contribution is 2.18. The van der Waals surface area contributed by atoms with E-state index in [1.165, 1.54) is 0 Å². The lowest BCUT2D eigenvalue weighted by atomic mass is 10.00. The van der Waals surface area contributed by atoms with Crippen LogP contribution in [0, 0.1) is 0 Å². The van der Waals surface area contributed by atoms with E-state index in [2.05, 4.69) is 20.7 Å². The summed E-state index contributed by atoms with van der Waals surface area (Å²) in [6, 6.07) is 9.37. The van der Waals surface area contributed by atoms with Gasteiger partial charge in [0.25, 0.3) is 0 Å². The number of nitrogens with zero attached hydrogens (tertiary/aromatic N) is 3. The number of rotatable bonds is 5. The molecular weight excluding hydrogens is 318 g/mol. The number of aromatic nitrogens is 3. The Morgan fingerprint density at radius 2 is 2.08 bits per heavy atom. The fourth-order valence-corrected chi connectivity index (χ4v) is 2.60. The van der Waals surface area contributed by atoms with Gasteiger partial charge in [-0.25, -0.2) is 4.79 Å². The number of para-hydroxylation sites is 1. The van der Waals surface area contributed by atoms with Gasteiger partial charge in [0.05, 0.1) is 18.3 Å². The minimum Gasteiger partial charge on any atom is -0.383 e. The Hall–Kier alpha value is -2.93. The molecule has 7 heteroatoms. The third-order valence-corrected chi connectivity index (χ3v) is 4.08. The zero-order valence-corrected chi connectivity index (χ0v) is 14.2. The zero-order valence-electron chi connectivity index (χ0n) is 14.2. The van der Waals surface area contributed by atoms with E-state index in [1.54, 1.807) is 37.2 Å². The SMILES string of the molecule is Cn1cc([C@](C)(O)CNC(=O)NCc2cccc3cccnc23)cn1. The number of amides is 2. The fraction of sp³-hybridized carbons (Fsp3) is 0.278. The van der Waals surface area contributed by atoms with Crippen LogP contribution in [0.5, 0.6) is 0 Å². The molecule has 3 N–H and O–H groups in total. The van der Waals surface area contributed by atoms with Crippen molar-refractivity contribution in [3.63, 3.8) is 0 Å². The number of fused-ring (bicyclic) bond motifs is 1. The molecule has 25 heavy (non-hydrogen) atoms. The van der Waals surface area contributed by atoms with Gasteiger partial charge in [0, 0.05) is 36.9 Å². The third kappa shape index (κ3) is 3.95. The molecule has 2 amide bonds. The summed E-state index contributed by atoms with van der Waals surface area (Å²) in [5, 5.41) is 21.0. The molecule has 0 aliphatic rings. The normalized spacial score (nSPS) is 13.4. The maximum absolute atomic E-state index is 12.1. The minimum atomic E-state index is -1.19. The number of urea groups is 1. The van der Waals surface area contributed by atoms with Crippen LogP contribution in [-0.4, -0.2) is 32.4 Å². The monoisotopic (exact) mass is 339 g/mol. The van der Waals surface area contributed by atoms with E-state index >= 15 is 0 Å². The molecule has 0 unspecified atom stereocenters. The lowest BCUT2D eigenvalue weighted by Gasteiger charge is -2.22. The van der Waals surface area contributed by atoms with Gasteiger partial charge in [0.15, 0.2) is 0 Å². The molecule has 0 bridgehead atoms. The average molecular weight is 339 g/mol. The van der Waals surface area contributed by atoms with Crippen LogP contribution in [0.4, 0.5) is 4.79 Å². The van der Waals surface area contributed by atoms with E-state index in [1.807, 2.05) is 30.3 Å². The second kappa shape index (κ2) is 6.90. The summed E-state index contributed by atoms with van der Waals surface area (Å²) in [7, 11) is 1.78. The van der Waals surface area contributed by atoms with Gasteiger partial charge in [-0.05, 0) is 18.6 Å². The molecule has 1 aromatic carbocycles. The van der Waals surface area contributed by atoms with Crippen molar-refractivity contribution < 1.29 is 9.90 Å². The van der Waals surface area contributed by atoms with E-state index in [9.17, 15) is 9.90 Å². The Bertz CT molecular complexity index is 883. The van der Waals surface area contributed by atoms with E-state index < -0.39 is 5.60 Å². The molecule has 3 aromatic rings. The summed E-state index contributed by atoms with van der Waals surface area (Å²) in [4.78, 5) is 16.4. The molecule has 0 spiro atoms. The number of carbonyl (C=O) groups is 1. The molecule has 0 saturated heterocycles. The minimum absolute atomic E-state index is 0.0817. The average Bonchev–Trinajstić information content (AvgIpc) is 3.05. The Labute approximate surface area is 145 Å². The molecule has 2 heterocycles. The fourth-order valence-electron chi connectivity index (χ4n) is 2.60. The van der Waals surface area contributed by atoms with Crippen LogP contribution in [0.25, 0.3) is 10.9 Å². The summed E-state index contributed by atoms with van der Waals surface area (Å²) >= 11 is 0. The van der Waals surface area contributed by atoms with Crippen molar-refractivity contribution in [1.29, 1.82) is 0 Å². The first-order chi connectivity index (χ1) is 12.0. The second-order valence-corrected chi connectivity index (χ2v) is 6.21. The van der Waals surface area contributed by atoms with Crippen molar-refractivity contribution >= 4 is 16.9 Å². The first-order valence-corrected chi connectivity index (χ1v) is 8.01. The van der Waals surface area contributed by atoms with Gasteiger partial charge < -0.3 is 15.7 Å². The summed E-state index contributed by atoms with van der Waals surface area (Å²) in [5.74, 6) is 0. The molecule has 2 aromatic heterocycles. The number of hydrogen-bond acceptors (Lipinski definition) is 4. The Balaban J connectivity index is 1.58. The van der Waals surface area contributed by atoms with Crippen molar-refractivity contribution in [1.82, 2.24) is 25.4 Å². The maximum Gasteiger partial charge on any atom is 0.315 e. The lowest BCUT2D eigenvalue weighted by molar-refractivity contribution is 0.0593. The van der Waals surface area contributed by atoms with Crippen molar-refractivity contribution in [3.8, 4) is 0 Å². The number of benzene rings is 1. The van der Waals surface area contributed by atoms with E-state index in [-0.39, 0.29) is 12.6 Å². The standard InChI is InChI=1S/C18H21N5O2/c1-18(25,15-10-22-23(2)11-15)12-21-17(24)20-9-14-6-3-5-13-7-4-8-19-16(13)14/h3-8,10-11,25H,9,12H2,1-2H3,(H2,20,21,24)/t18-/m1/s1. The highest BCUT2D eigenvalue weighted by Gasteiger charge is 2.25. The number of carbonyl (C=O) groups excluding carboxylic acids is 1. The predicted octanol–water partition coefficient (Wildman–Crippen LogP) is 1.68. The van der Waals surface area contributed by atoms with Gasteiger partial charge in [-0.15, -0.1) is 0 Å². The summed E-state index contributed by atoms with van der Waals surface area (Å²) in [5.41, 5.74) is 1.26. The molecule has 0 radical (unpaired) electrons. The van der Waals surface area contributed by atoms with E-state index in [4.69, 9.17) is 0 Å². The molecule has 130 valence electrons. The van der Waals surface area contributed by atoms with Crippen molar-refractivity contribution in [2.24, 2.45) is 7.05 Å². The van der Waals surface area contributed by atoms with Crippen molar-refractivity contribution in [2.45, 2.75) is 19.1 Å². The molecule has 0 aliphatic carbocycles. The zero-order chi connectivity index (χ0) is 17.9. The Kier molecular flexibility index (Phi) is 4.67. The second-order valence-electron chi connectivity index (χ2n) is 6.21. The van der Waals surface area contributed by atoms with Crippen LogP contribution in [0.3, 0.4) is 0 Å². The number of pyridine rings is 1. The van der Waals surface area contributed by atoms with Crippen LogP contribution in [0.1, 0.15) is 18.1 Å². The number of hydrogen-bond donors (Lipinski definition) is 3. The van der Waals surface area contributed by atoms with Crippen LogP contribution >= 0.6 is 0 Å². The highest BCUT2D eigenvalue weighted by molar-refractivity contribution is 5.82. The third-order valence-electron chi connectivity index (χ3n) is 4.08. The van der Waals surface area contributed by atoms with E-state index in [0.29, 0.717) is 12.1 Å². The van der Waals surface area contributed by atoms with Gasteiger partial charge in [-0.3, -0.25) is 9.67 Å². The molecule has 0 fully saturated rings. The number of aryl methyl sites for hydroxylation is 1. The first-order valence-electron chi connectivity index (χ1n) is 8.01. The van der Waals surface area contributed by atoms with Crippen LogP contribution in [0.15, 0.2) is 48.9 Å². The largest absolute Gasteiger partial charge is 0.383 e. The highest BCUT2D eigenvalue weighted by atomic mass is 16.3. The van der Waals surface area contributed by atoms with Gasteiger partial charge in [-0.1, -0.05) is 24.3 Å². The summed E-state index contributed by atoms with van der Waals surface area (Å²) in [6.45, 7) is 2.08. The molecule has 7 nitrogen and oxygen atoms in total. The molecular formula is C18H21N5O2. The quantitative estimate of drug-likeness (QED) is 0.659. The molecule has 1 atom stereocenters. The maximum atomic E-state index is 12.1. The van der Waals surface area contributed by atoms with E-state index in [0.717, 1.165) is 16.5 Å². The van der Waals surface area contributed by atoms with Gasteiger partial charge in [0.2, 0.25) is 0 Å². The van der Waals surface area contributed by atoms with Gasteiger partial charge in [0.1, 0.15) is 5.60 Å². The first kappa shape index (κ1) is 16.9. The Morgan fingerprint density at radius 3 is 2.84 bits per heavy atom. The lowest BCUT2D eigenvalue weighted by Crippen LogP contribution is -2.43. The van der Waals surface area contributed by atoms with Crippen LogP contribution < -0.4 is 10.6 Å². The van der Waals surface area contributed by atoms with Crippen LogP contribution in [-0.2, 0) is 19.2 Å². The summed E-state index contributed by atoms with van der Waals surface area (Å²) in [6.07, 6.45) is 5.04. The topological polar surface area (TPSA) is 92.1 Å². The number of aliphatic hydroxyl groups is 1. The van der Waals surface area contributed by atoms with Crippen LogP contribution in [0.2, 0.25) is 0 Å². The predicted molar refractivity (Wildman–Crippen MR) is 94.8 cm³/mol. The molecule has 3 rings (SSSR count). The van der Waals surface area contributed by atoms with Crippen molar-refractivity contribution in [2.75, 3.05) is 6.54 Å². The summed E-state index contributed by atoms with van der Waals surface area (Å²) < 4.78 is 1.61. The van der Waals surface area contributed by atoms with Gasteiger partial charge in [-0.2, -0.15) is 5.10 Å². The Morgan fingerprint density at radius 1 is 1.28 bits per heavy atom. The molecule has 0 saturated carbocycles. The smallest absolute Gasteiger partial charge is 0.315 e. The van der Waals surface area contributed by atoms with Crippen molar-refractivity contribution in [3.05, 3.63) is 60.0 Å².